The summed E-state index contributed by atoms with van der Waals surface area (Å²) < 4.78 is 46.6. The van der Waals surface area contributed by atoms with E-state index in [0.29, 0.717) is 19.5 Å². The van der Waals surface area contributed by atoms with E-state index in [1.165, 1.54) is 16.4 Å². The lowest BCUT2D eigenvalue weighted by molar-refractivity contribution is -0.153. The molecular formula is C24H27FN2O5S. The van der Waals surface area contributed by atoms with Crippen molar-refractivity contribution in [2.75, 3.05) is 26.2 Å². The van der Waals surface area contributed by atoms with E-state index in [1.807, 2.05) is 12.1 Å². The van der Waals surface area contributed by atoms with Crippen molar-refractivity contribution in [3.63, 3.8) is 0 Å². The van der Waals surface area contributed by atoms with Gasteiger partial charge in [-0.1, -0.05) is 24.3 Å². The molecule has 33 heavy (non-hydrogen) atoms. The zero-order valence-corrected chi connectivity index (χ0v) is 19.1. The van der Waals surface area contributed by atoms with Gasteiger partial charge in [0.05, 0.1) is 17.4 Å². The molecule has 0 saturated carbocycles. The Labute approximate surface area is 193 Å². The van der Waals surface area contributed by atoms with E-state index in [9.17, 15) is 22.4 Å². The molecule has 1 saturated heterocycles. The molecule has 1 fully saturated rings. The van der Waals surface area contributed by atoms with Crippen LogP contribution in [0.1, 0.15) is 42.9 Å². The number of carbonyl (C=O) groups is 2. The van der Waals surface area contributed by atoms with E-state index in [0.717, 1.165) is 42.5 Å². The quantitative estimate of drug-likeness (QED) is 0.601. The molecule has 2 heterocycles. The van der Waals surface area contributed by atoms with Crippen molar-refractivity contribution in [2.45, 2.75) is 43.0 Å². The van der Waals surface area contributed by atoms with Gasteiger partial charge in [0, 0.05) is 19.6 Å². The highest BCUT2D eigenvalue weighted by Crippen LogP contribution is 2.36. The molecule has 0 aliphatic carbocycles. The average molecular weight is 475 g/mol. The third kappa shape index (κ3) is 5.25. The fraction of sp³-hybridized carbons (Fsp3) is 0.417. The van der Waals surface area contributed by atoms with Crippen molar-refractivity contribution in [3.05, 3.63) is 65.5 Å². The van der Waals surface area contributed by atoms with E-state index < -0.39 is 27.9 Å². The first-order valence-electron chi connectivity index (χ1n) is 11.1. The van der Waals surface area contributed by atoms with Crippen molar-refractivity contribution in [1.82, 2.24) is 9.21 Å². The number of hydrogen-bond donors (Lipinski definition) is 0. The maximum Gasteiger partial charge on any atom is 0.308 e. The van der Waals surface area contributed by atoms with Crippen LogP contribution in [0.2, 0.25) is 0 Å². The normalized spacial score (nSPS) is 19.1. The largest absolute Gasteiger partial charge is 0.456 e. The Balaban J connectivity index is 1.52. The van der Waals surface area contributed by atoms with Crippen LogP contribution in [0, 0.1) is 5.82 Å². The molecule has 0 aromatic heterocycles. The lowest BCUT2D eigenvalue weighted by atomic mass is 9.92. The van der Waals surface area contributed by atoms with Gasteiger partial charge in [0.2, 0.25) is 10.0 Å². The molecule has 0 radical (unpaired) electrons. The van der Waals surface area contributed by atoms with Gasteiger partial charge in [-0.3, -0.25) is 9.59 Å². The first-order valence-corrected chi connectivity index (χ1v) is 12.6. The van der Waals surface area contributed by atoms with Gasteiger partial charge in [0.1, 0.15) is 5.82 Å². The molecule has 1 atom stereocenters. The number of carbonyl (C=O) groups excluding carboxylic acids is 2. The average Bonchev–Trinajstić information content (AvgIpc) is 2.83. The van der Waals surface area contributed by atoms with Crippen molar-refractivity contribution >= 4 is 21.9 Å². The number of benzene rings is 2. The molecule has 2 aliphatic rings. The molecule has 2 aromatic rings. The summed E-state index contributed by atoms with van der Waals surface area (Å²) in [7, 11) is -3.98. The maximum atomic E-state index is 13.4. The van der Waals surface area contributed by atoms with Gasteiger partial charge >= 0.3 is 5.97 Å². The fourth-order valence-corrected chi connectivity index (χ4v) is 6.07. The lowest BCUT2D eigenvalue weighted by Crippen LogP contribution is -2.41. The molecule has 2 aliphatic heterocycles. The van der Waals surface area contributed by atoms with Gasteiger partial charge in [-0.25, -0.2) is 12.8 Å². The van der Waals surface area contributed by atoms with Crippen molar-refractivity contribution in [3.8, 4) is 0 Å². The SMILES string of the molecule is O=C(CC1c2ccccc2CCN1S(=O)(=O)c1ccc(F)cc1)OCC(=O)N1CCCCC1. The van der Waals surface area contributed by atoms with Gasteiger partial charge in [0.25, 0.3) is 5.91 Å². The number of esters is 1. The van der Waals surface area contributed by atoms with E-state index in [2.05, 4.69) is 0 Å². The number of ether oxygens (including phenoxy) is 1. The molecule has 1 amide bonds. The van der Waals surface area contributed by atoms with Crippen LogP contribution in [0.15, 0.2) is 53.4 Å². The van der Waals surface area contributed by atoms with E-state index in [1.54, 1.807) is 17.0 Å². The van der Waals surface area contributed by atoms with Gasteiger partial charge in [-0.2, -0.15) is 4.31 Å². The van der Waals surface area contributed by atoms with Crippen LogP contribution in [-0.4, -0.2) is 55.7 Å². The molecule has 176 valence electrons. The Bertz CT molecular complexity index is 1110. The summed E-state index contributed by atoms with van der Waals surface area (Å²) in [5.74, 6) is -1.40. The Kier molecular flexibility index (Phi) is 7.09. The summed E-state index contributed by atoms with van der Waals surface area (Å²) in [5, 5.41) is 0. The van der Waals surface area contributed by atoms with Gasteiger partial charge in [-0.15, -0.1) is 0 Å². The second kappa shape index (κ2) is 10.0. The summed E-state index contributed by atoms with van der Waals surface area (Å²) in [6.45, 7) is 1.16. The molecule has 7 nitrogen and oxygen atoms in total. The number of rotatable bonds is 6. The standard InChI is InChI=1S/C24H27FN2O5S/c25-19-8-10-20(11-9-19)33(30,31)27-15-12-18-6-2-3-7-21(18)22(27)16-24(29)32-17-23(28)26-13-4-1-5-14-26/h2-3,6-11,22H,1,4-5,12-17H2. The number of piperidine rings is 1. The smallest absolute Gasteiger partial charge is 0.308 e. The summed E-state index contributed by atoms with van der Waals surface area (Å²) in [6, 6.07) is 11.2. The topological polar surface area (TPSA) is 84.0 Å². The highest BCUT2D eigenvalue weighted by Gasteiger charge is 2.38. The number of hydrogen-bond acceptors (Lipinski definition) is 5. The predicted molar refractivity (Wildman–Crippen MR) is 119 cm³/mol. The van der Waals surface area contributed by atoms with E-state index in [4.69, 9.17) is 4.74 Å². The molecule has 0 spiro atoms. The molecule has 0 N–H and O–H groups in total. The summed E-state index contributed by atoms with van der Waals surface area (Å²) in [6.07, 6.45) is 3.24. The molecule has 1 unspecified atom stereocenters. The number of amides is 1. The highest BCUT2D eigenvalue weighted by atomic mass is 32.2. The highest BCUT2D eigenvalue weighted by molar-refractivity contribution is 7.89. The lowest BCUT2D eigenvalue weighted by Gasteiger charge is -2.36. The van der Waals surface area contributed by atoms with Crippen molar-refractivity contribution in [2.24, 2.45) is 0 Å². The molecule has 0 bridgehead atoms. The fourth-order valence-electron chi connectivity index (χ4n) is 4.46. The second-order valence-electron chi connectivity index (χ2n) is 8.34. The summed E-state index contributed by atoms with van der Waals surface area (Å²) in [4.78, 5) is 26.7. The van der Waals surface area contributed by atoms with Crippen LogP contribution in [0.3, 0.4) is 0 Å². The van der Waals surface area contributed by atoms with Crippen LogP contribution in [0.5, 0.6) is 0 Å². The Hall–Kier alpha value is -2.78. The zero-order chi connectivity index (χ0) is 23.4. The Morgan fingerprint density at radius 1 is 0.970 bits per heavy atom. The number of halogens is 1. The van der Waals surface area contributed by atoms with E-state index >= 15 is 0 Å². The Morgan fingerprint density at radius 3 is 2.39 bits per heavy atom. The number of sulfonamides is 1. The monoisotopic (exact) mass is 474 g/mol. The maximum absolute atomic E-state index is 13.4. The van der Waals surface area contributed by atoms with Crippen LogP contribution in [0.25, 0.3) is 0 Å². The molecular weight excluding hydrogens is 447 g/mol. The third-order valence-corrected chi connectivity index (χ3v) is 8.13. The Morgan fingerprint density at radius 2 is 1.67 bits per heavy atom. The van der Waals surface area contributed by atoms with E-state index in [-0.39, 0.29) is 30.4 Å². The molecule has 4 rings (SSSR count). The van der Waals surface area contributed by atoms with Crippen molar-refractivity contribution in [1.29, 1.82) is 0 Å². The first-order chi connectivity index (χ1) is 15.9. The van der Waals surface area contributed by atoms with Crippen LogP contribution < -0.4 is 0 Å². The minimum absolute atomic E-state index is 0.0399. The summed E-state index contributed by atoms with van der Waals surface area (Å²) in [5.41, 5.74) is 1.69. The number of likely N-dealkylation sites (tertiary alicyclic amines) is 1. The predicted octanol–water partition coefficient (Wildman–Crippen LogP) is 3.06. The van der Waals surface area contributed by atoms with Crippen LogP contribution in [-0.2, 0) is 30.8 Å². The molecule has 9 heteroatoms. The van der Waals surface area contributed by atoms with Crippen molar-refractivity contribution < 1.29 is 27.1 Å². The molecule has 2 aromatic carbocycles. The number of fused-ring (bicyclic) bond motifs is 1. The minimum atomic E-state index is -3.98. The summed E-state index contributed by atoms with van der Waals surface area (Å²) >= 11 is 0. The van der Waals surface area contributed by atoms with Gasteiger partial charge in [-0.05, 0) is 61.1 Å². The van der Waals surface area contributed by atoms with Gasteiger partial charge < -0.3 is 9.64 Å². The number of nitrogens with zero attached hydrogens (tertiary/aromatic N) is 2. The zero-order valence-electron chi connectivity index (χ0n) is 18.3. The van der Waals surface area contributed by atoms with Crippen LogP contribution in [0.4, 0.5) is 4.39 Å². The first kappa shape index (κ1) is 23.4. The van der Waals surface area contributed by atoms with Gasteiger partial charge in [0.15, 0.2) is 6.61 Å². The second-order valence-corrected chi connectivity index (χ2v) is 10.2. The minimum Gasteiger partial charge on any atom is -0.456 e. The van der Waals surface area contributed by atoms with Crippen LogP contribution >= 0.6 is 0 Å². The third-order valence-electron chi connectivity index (χ3n) is 6.21.